The first-order valence-corrected chi connectivity index (χ1v) is 22.2. The SMILES string of the molecule is CCOc1ccc2ccccc2c1-c1c(OCC)ccc2cc(-c3cccc(-c4cccc(-c5ccc6c(-c7c(OCC)ccc8ccccc78)c(OCC)ccc6c5)n4)n3)ccc12. The van der Waals surface area contributed by atoms with Gasteiger partial charge in [-0.15, -0.1) is 0 Å². The van der Waals surface area contributed by atoms with Crippen molar-refractivity contribution in [2.45, 2.75) is 27.7 Å². The van der Waals surface area contributed by atoms with E-state index < -0.39 is 0 Å². The van der Waals surface area contributed by atoms with E-state index in [4.69, 9.17) is 28.9 Å². The second-order valence-corrected chi connectivity index (χ2v) is 15.6. The summed E-state index contributed by atoms with van der Waals surface area (Å²) < 4.78 is 25.1. The Morgan fingerprint density at radius 1 is 0.297 bits per heavy atom. The number of rotatable bonds is 13. The van der Waals surface area contributed by atoms with E-state index in [0.29, 0.717) is 26.4 Å². The lowest BCUT2D eigenvalue weighted by molar-refractivity contribution is 0.337. The van der Waals surface area contributed by atoms with Crippen LogP contribution in [-0.2, 0) is 0 Å². The van der Waals surface area contributed by atoms with Crippen LogP contribution in [0, 0.1) is 0 Å². The van der Waals surface area contributed by atoms with Crippen LogP contribution < -0.4 is 18.9 Å². The maximum atomic E-state index is 6.30. The highest BCUT2D eigenvalue weighted by Gasteiger charge is 2.22. The number of pyridine rings is 2. The molecule has 64 heavy (non-hydrogen) atoms. The first-order valence-electron chi connectivity index (χ1n) is 22.2. The van der Waals surface area contributed by atoms with Crippen molar-refractivity contribution in [1.82, 2.24) is 9.97 Å². The molecule has 6 heteroatoms. The summed E-state index contributed by atoms with van der Waals surface area (Å²) in [6, 6.07) is 59.1. The van der Waals surface area contributed by atoms with E-state index in [0.717, 1.165) is 122 Å². The summed E-state index contributed by atoms with van der Waals surface area (Å²) in [6.45, 7) is 10.3. The van der Waals surface area contributed by atoms with E-state index in [1.807, 2.05) is 39.8 Å². The molecule has 2 aromatic heterocycles. The van der Waals surface area contributed by atoms with E-state index in [-0.39, 0.29) is 0 Å². The molecule has 10 rings (SSSR count). The van der Waals surface area contributed by atoms with Gasteiger partial charge in [-0.2, -0.15) is 0 Å². The second kappa shape index (κ2) is 17.6. The number of hydrogen-bond acceptors (Lipinski definition) is 6. The zero-order valence-electron chi connectivity index (χ0n) is 36.5. The molecular weight excluding hydrogens is 789 g/mol. The molecule has 0 aliphatic carbocycles. The van der Waals surface area contributed by atoms with Gasteiger partial charge in [-0.1, -0.05) is 109 Å². The summed E-state index contributed by atoms with van der Waals surface area (Å²) in [5.74, 6) is 3.33. The molecule has 0 saturated heterocycles. The van der Waals surface area contributed by atoms with Gasteiger partial charge in [0.15, 0.2) is 0 Å². The Bertz CT molecular complexity index is 3130. The van der Waals surface area contributed by atoms with Gasteiger partial charge in [0.05, 0.1) is 49.2 Å². The predicted molar refractivity (Wildman–Crippen MR) is 264 cm³/mol. The summed E-state index contributed by atoms with van der Waals surface area (Å²) in [6.07, 6.45) is 0. The van der Waals surface area contributed by atoms with E-state index in [1.54, 1.807) is 0 Å². The van der Waals surface area contributed by atoms with Gasteiger partial charge in [-0.05, 0) is 131 Å². The molecule has 0 radical (unpaired) electrons. The molecule has 6 nitrogen and oxygen atoms in total. The molecule has 314 valence electrons. The first kappa shape index (κ1) is 40.4. The third kappa shape index (κ3) is 7.41. The van der Waals surface area contributed by atoms with E-state index >= 15 is 0 Å². The summed E-state index contributed by atoms with van der Waals surface area (Å²) in [5.41, 5.74) is 9.48. The maximum Gasteiger partial charge on any atom is 0.127 e. The van der Waals surface area contributed by atoms with Gasteiger partial charge in [0, 0.05) is 33.4 Å². The molecule has 0 bridgehead atoms. The van der Waals surface area contributed by atoms with Gasteiger partial charge in [0.25, 0.3) is 0 Å². The Balaban J connectivity index is 1.03. The van der Waals surface area contributed by atoms with Crippen molar-refractivity contribution in [1.29, 1.82) is 0 Å². The van der Waals surface area contributed by atoms with Crippen LogP contribution in [0.3, 0.4) is 0 Å². The largest absolute Gasteiger partial charge is 0.493 e. The van der Waals surface area contributed by atoms with Crippen molar-refractivity contribution in [3.63, 3.8) is 0 Å². The normalized spacial score (nSPS) is 11.4. The molecule has 0 aliphatic rings. The van der Waals surface area contributed by atoms with Gasteiger partial charge in [0.1, 0.15) is 23.0 Å². The molecule has 0 spiro atoms. The Morgan fingerprint density at radius 2 is 0.625 bits per heavy atom. The van der Waals surface area contributed by atoms with Crippen molar-refractivity contribution < 1.29 is 18.9 Å². The zero-order chi connectivity index (χ0) is 43.6. The summed E-state index contributed by atoms with van der Waals surface area (Å²) in [4.78, 5) is 10.4. The van der Waals surface area contributed by atoms with E-state index in [9.17, 15) is 0 Å². The topological polar surface area (TPSA) is 62.7 Å². The minimum Gasteiger partial charge on any atom is -0.493 e. The fourth-order valence-electron chi connectivity index (χ4n) is 9.05. The Hall–Kier alpha value is -7.70. The quantitative estimate of drug-likeness (QED) is 0.115. The predicted octanol–water partition coefficient (Wildman–Crippen LogP) is 15.0. The fourth-order valence-corrected chi connectivity index (χ4v) is 9.05. The van der Waals surface area contributed by atoms with Gasteiger partial charge in [-0.25, -0.2) is 9.97 Å². The number of nitrogens with zero attached hydrogens (tertiary/aromatic N) is 2. The van der Waals surface area contributed by atoms with Crippen LogP contribution in [0.2, 0.25) is 0 Å². The van der Waals surface area contributed by atoms with Crippen molar-refractivity contribution in [2.24, 2.45) is 0 Å². The summed E-state index contributed by atoms with van der Waals surface area (Å²) in [5, 5.41) is 8.88. The number of ether oxygens (including phenoxy) is 4. The molecule has 2 heterocycles. The Morgan fingerprint density at radius 3 is 1.00 bits per heavy atom. The molecule has 0 fully saturated rings. The third-order valence-electron chi connectivity index (χ3n) is 11.8. The molecule has 0 amide bonds. The Kier molecular flexibility index (Phi) is 11.1. The number of benzene rings is 8. The number of hydrogen-bond donors (Lipinski definition) is 0. The first-order chi connectivity index (χ1) is 31.6. The molecular formula is C58H48N2O4. The van der Waals surface area contributed by atoms with Crippen LogP contribution in [0.25, 0.3) is 99.2 Å². The van der Waals surface area contributed by atoms with Crippen LogP contribution in [0.4, 0.5) is 0 Å². The molecule has 0 saturated carbocycles. The van der Waals surface area contributed by atoms with Gasteiger partial charge < -0.3 is 18.9 Å². The van der Waals surface area contributed by atoms with Crippen LogP contribution in [-0.4, -0.2) is 36.4 Å². The molecule has 10 aromatic rings. The summed E-state index contributed by atoms with van der Waals surface area (Å²) in [7, 11) is 0. The lowest BCUT2D eigenvalue weighted by Gasteiger charge is -2.19. The minimum absolute atomic E-state index is 0.552. The highest BCUT2D eigenvalue weighted by Crippen LogP contribution is 2.48. The highest BCUT2D eigenvalue weighted by atomic mass is 16.5. The van der Waals surface area contributed by atoms with Crippen molar-refractivity contribution >= 4 is 43.1 Å². The second-order valence-electron chi connectivity index (χ2n) is 15.6. The van der Waals surface area contributed by atoms with E-state index in [1.165, 1.54) is 0 Å². The molecule has 0 N–H and O–H groups in total. The lowest BCUT2D eigenvalue weighted by Crippen LogP contribution is -1.99. The van der Waals surface area contributed by atoms with Gasteiger partial charge in [0.2, 0.25) is 0 Å². The average molecular weight is 837 g/mol. The van der Waals surface area contributed by atoms with Crippen molar-refractivity contribution in [3.8, 4) is 79.2 Å². The maximum absolute atomic E-state index is 6.30. The lowest BCUT2D eigenvalue weighted by atomic mass is 9.91. The standard InChI is InChI=1S/C58H48N2O4/c1-5-61-51-31-25-37-15-9-11-17-43(37)55(51)57-45-29-23-41(35-39(45)27-33-53(57)63-7-3)47-19-13-21-49(59-47)50-22-14-20-48(60-50)42-24-30-46-40(36-42)28-34-54(64-8-4)58(46)56-44-18-12-10-16-38(44)26-32-52(56)62-6-2/h9-36H,5-8H2,1-4H3. The molecule has 0 unspecified atom stereocenters. The average Bonchev–Trinajstić information content (AvgIpc) is 3.34. The van der Waals surface area contributed by atoms with Crippen LogP contribution in [0.5, 0.6) is 23.0 Å². The third-order valence-corrected chi connectivity index (χ3v) is 11.8. The van der Waals surface area contributed by atoms with Gasteiger partial charge >= 0.3 is 0 Å². The smallest absolute Gasteiger partial charge is 0.127 e. The summed E-state index contributed by atoms with van der Waals surface area (Å²) >= 11 is 0. The molecule has 8 aromatic carbocycles. The monoisotopic (exact) mass is 836 g/mol. The van der Waals surface area contributed by atoms with E-state index in [2.05, 4.69) is 158 Å². The number of aromatic nitrogens is 2. The molecule has 0 aliphatic heterocycles. The number of fused-ring (bicyclic) bond motifs is 4. The Labute approximate surface area is 373 Å². The van der Waals surface area contributed by atoms with Crippen LogP contribution in [0.15, 0.2) is 170 Å². The molecule has 0 atom stereocenters. The van der Waals surface area contributed by atoms with Crippen molar-refractivity contribution in [3.05, 3.63) is 170 Å². The minimum atomic E-state index is 0.552. The van der Waals surface area contributed by atoms with Crippen LogP contribution in [0.1, 0.15) is 27.7 Å². The highest BCUT2D eigenvalue weighted by molar-refractivity contribution is 6.12. The van der Waals surface area contributed by atoms with Crippen LogP contribution >= 0.6 is 0 Å². The van der Waals surface area contributed by atoms with Crippen molar-refractivity contribution in [2.75, 3.05) is 26.4 Å². The fraction of sp³-hybridized carbons (Fsp3) is 0.138. The zero-order valence-corrected chi connectivity index (χ0v) is 36.5. The van der Waals surface area contributed by atoms with Gasteiger partial charge in [-0.3, -0.25) is 0 Å².